The Morgan fingerprint density at radius 1 is 1.67 bits per heavy atom. The third kappa shape index (κ3) is 2.18. The van der Waals surface area contributed by atoms with Gasteiger partial charge in [-0.3, -0.25) is 4.79 Å². The predicted octanol–water partition coefficient (Wildman–Crippen LogP) is 1.39. The predicted molar refractivity (Wildman–Crippen MR) is 58.0 cm³/mol. The molecule has 0 aliphatic carbocycles. The van der Waals surface area contributed by atoms with Gasteiger partial charge in [-0.1, -0.05) is 0 Å². The number of carbonyl (C=O) groups excluding carboxylic acids is 1. The molecule has 2 rings (SSSR count). The summed E-state index contributed by atoms with van der Waals surface area (Å²) in [7, 11) is 0. The average molecular weight is 226 g/mol. The van der Waals surface area contributed by atoms with Crippen LogP contribution in [0.4, 0.5) is 0 Å². The molecule has 82 valence electrons. The van der Waals surface area contributed by atoms with Crippen molar-refractivity contribution < 1.29 is 9.53 Å². The Morgan fingerprint density at radius 2 is 2.47 bits per heavy atom. The number of rotatable bonds is 1. The van der Waals surface area contributed by atoms with Gasteiger partial charge in [0.1, 0.15) is 5.69 Å². The van der Waals surface area contributed by atoms with Gasteiger partial charge in [0.2, 0.25) is 0 Å². The van der Waals surface area contributed by atoms with Crippen molar-refractivity contribution in [3.63, 3.8) is 0 Å². The molecule has 1 aliphatic rings. The van der Waals surface area contributed by atoms with E-state index >= 15 is 0 Å². The SMILES string of the molecule is C[C@@H]1CN(C(=O)c2cscn2)[C@H](C)CO1. The third-order valence-electron chi connectivity index (χ3n) is 2.52. The zero-order chi connectivity index (χ0) is 10.8. The maximum Gasteiger partial charge on any atom is 0.273 e. The van der Waals surface area contributed by atoms with Gasteiger partial charge in [0.05, 0.1) is 24.3 Å². The summed E-state index contributed by atoms with van der Waals surface area (Å²) in [6.07, 6.45) is 0.115. The van der Waals surface area contributed by atoms with Crippen LogP contribution in [0.15, 0.2) is 10.9 Å². The van der Waals surface area contributed by atoms with E-state index < -0.39 is 0 Å². The standard InChI is InChI=1S/C10H14N2O2S/c1-7-4-14-8(2)3-12(7)10(13)9-5-15-6-11-9/h5-8H,3-4H2,1-2H3/t7-,8-/m1/s1. The van der Waals surface area contributed by atoms with Crippen LogP contribution >= 0.6 is 11.3 Å². The number of nitrogens with zero attached hydrogens (tertiary/aromatic N) is 2. The summed E-state index contributed by atoms with van der Waals surface area (Å²) in [5, 5.41) is 1.79. The molecule has 0 saturated carbocycles. The summed E-state index contributed by atoms with van der Waals surface area (Å²) in [5.41, 5.74) is 2.22. The first kappa shape index (κ1) is 10.6. The van der Waals surface area contributed by atoms with Crippen LogP contribution in [0.5, 0.6) is 0 Å². The van der Waals surface area contributed by atoms with Gasteiger partial charge in [0, 0.05) is 11.9 Å². The van der Waals surface area contributed by atoms with Crippen molar-refractivity contribution >= 4 is 17.2 Å². The minimum atomic E-state index is 0.0129. The highest BCUT2D eigenvalue weighted by atomic mass is 32.1. The first-order valence-electron chi connectivity index (χ1n) is 4.99. The van der Waals surface area contributed by atoms with Crippen LogP contribution < -0.4 is 0 Å². The van der Waals surface area contributed by atoms with Crippen LogP contribution in [-0.4, -0.2) is 41.1 Å². The molecule has 1 fully saturated rings. The molecule has 0 unspecified atom stereocenters. The molecule has 1 aromatic heterocycles. The number of thiazole rings is 1. The summed E-state index contributed by atoms with van der Waals surface area (Å²) in [6.45, 7) is 5.23. The van der Waals surface area contributed by atoms with Gasteiger partial charge in [-0.2, -0.15) is 0 Å². The quantitative estimate of drug-likeness (QED) is 0.726. The maximum absolute atomic E-state index is 12.0. The molecule has 1 amide bonds. The molecule has 4 nitrogen and oxygen atoms in total. The van der Waals surface area contributed by atoms with Crippen LogP contribution in [0, 0.1) is 0 Å². The molecular formula is C10H14N2O2S. The maximum atomic E-state index is 12.0. The van der Waals surface area contributed by atoms with Gasteiger partial charge in [-0.25, -0.2) is 4.98 Å². The second-order valence-corrected chi connectivity index (χ2v) is 4.54. The van der Waals surface area contributed by atoms with Crippen LogP contribution in [0.3, 0.4) is 0 Å². The molecule has 2 atom stereocenters. The van der Waals surface area contributed by atoms with E-state index in [-0.39, 0.29) is 18.1 Å². The number of carbonyl (C=O) groups is 1. The van der Waals surface area contributed by atoms with Gasteiger partial charge in [-0.05, 0) is 13.8 Å². The highest BCUT2D eigenvalue weighted by Gasteiger charge is 2.28. The van der Waals surface area contributed by atoms with Crippen molar-refractivity contribution in [2.75, 3.05) is 13.2 Å². The molecule has 0 N–H and O–H groups in total. The smallest absolute Gasteiger partial charge is 0.273 e. The minimum absolute atomic E-state index is 0.0129. The molecule has 0 radical (unpaired) electrons. The van der Waals surface area contributed by atoms with Gasteiger partial charge < -0.3 is 9.64 Å². The Kier molecular flexibility index (Phi) is 3.02. The first-order chi connectivity index (χ1) is 7.18. The second kappa shape index (κ2) is 4.28. The van der Waals surface area contributed by atoms with Crippen molar-refractivity contribution in [1.82, 2.24) is 9.88 Å². The van der Waals surface area contributed by atoms with E-state index in [0.717, 1.165) is 0 Å². The number of ether oxygens (including phenoxy) is 1. The van der Waals surface area contributed by atoms with Crippen molar-refractivity contribution in [3.8, 4) is 0 Å². The Bertz CT molecular complexity index is 339. The van der Waals surface area contributed by atoms with E-state index in [9.17, 15) is 4.79 Å². The van der Waals surface area contributed by atoms with Crippen molar-refractivity contribution in [3.05, 3.63) is 16.6 Å². The third-order valence-corrected chi connectivity index (χ3v) is 3.11. The Labute approximate surface area is 92.9 Å². The van der Waals surface area contributed by atoms with Crippen molar-refractivity contribution in [2.24, 2.45) is 0 Å². The molecule has 1 aliphatic heterocycles. The molecule has 5 heteroatoms. The fraction of sp³-hybridized carbons (Fsp3) is 0.600. The first-order valence-corrected chi connectivity index (χ1v) is 5.93. The normalized spacial score (nSPS) is 26.7. The number of morpholine rings is 1. The summed E-state index contributed by atoms with van der Waals surface area (Å²) < 4.78 is 5.48. The fourth-order valence-corrected chi connectivity index (χ4v) is 2.18. The molecule has 0 aromatic carbocycles. The summed E-state index contributed by atoms with van der Waals surface area (Å²) in [4.78, 5) is 17.9. The molecule has 1 aromatic rings. The minimum Gasteiger partial charge on any atom is -0.375 e. The summed E-state index contributed by atoms with van der Waals surface area (Å²) in [6, 6.07) is 0.135. The van der Waals surface area contributed by atoms with Crippen molar-refractivity contribution in [2.45, 2.75) is 26.0 Å². The molecular weight excluding hydrogens is 212 g/mol. The average Bonchev–Trinajstić information content (AvgIpc) is 2.74. The van der Waals surface area contributed by atoms with E-state index in [4.69, 9.17) is 4.74 Å². The number of hydrogen-bond donors (Lipinski definition) is 0. The van der Waals surface area contributed by atoms with Gasteiger partial charge in [-0.15, -0.1) is 11.3 Å². The monoisotopic (exact) mass is 226 g/mol. The Balaban J connectivity index is 2.12. The topological polar surface area (TPSA) is 42.4 Å². The van der Waals surface area contributed by atoms with E-state index in [0.29, 0.717) is 18.8 Å². The van der Waals surface area contributed by atoms with Gasteiger partial charge in [0.15, 0.2) is 0 Å². The van der Waals surface area contributed by atoms with Crippen LogP contribution in [0.1, 0.15) is 24.3 Å². The number of amides is 1. The van der Waals surface area contributed by atoms with Crippen molar-refractivity contribution in [1.29, 1.82) is 0 Å². The molecule has 0 bridgehead atoms. The lowest BCUT2D eigenvalue weighted by atomic mass is 10.2. The van der Waals surface area contributed by atoms with E-state index in [1.54, 1.807) is 10.9 Å². The lowest BCUT2D eigenvalue weighted by molar-refractivity contribution is -0.0388. The Hall–Kier alpha value is -0.940. The van der Waals surface area contributed by atoms with Crippen LogP contribution in [-0.2, 0) is 4.74 Å². The van der Waals surface area contributed by atoms with Gasteiger partial charge in [0.25, 0.3) is 5.91 Å². The second-order valence-electron chi connectivity index (χ2n) is 3.82. The lowest BCUT2D eigenvalue weighted by Gasteiger charge is -2.36. The zero-order valence-corrected chi connectivity index (χ0v) is 9.66. The number of hydrogen-bond acceptors (Lipinski definition) is 4. The van der Waals surface area contributed by atoms with Crippen LogP contribution in [0.2, 0.25) is 0 Å². The molecule has 2 heterocycles. The summed E-state index contributed by atoms with van der Waals surface area (Å²) in [5.74, 6) is 0.0129. The van der Waals surface area contributed by atoms with E-state index in [1.165, 1.54) is 11.3 Å². The fourth-order valence-electron chi connectivity index (χ4n) is 1.65. The molecule has 1 saturated heterocycles. The highest BCUT2D eigenvalue weighted by molar-refractivity contribution is 7.07. The molecule has 15 heavy (non-hydrogen) atoms. The highest BCUT2D eigenvalue weighted by Crippen LogP contribution is 2.15. The van der Waals surface area contributed by atoms with Gasteiger partial charge >= 0.3 is 0 Å². The number of aromatic nitrogens is 1. The summed E-state index contributed by atoms with van der Waals surface area (Å²) >= 11 is 1.44. The molecule has 0 spiro atoms. The largest absolute Gasteiger partial charge is 0.375 e. The Morgan fingerprint density at radius 3 is 3.13 bits per heavy atom. The lowest BCUT2D eigenvalue weighted by Crippen LogP contribution is -2.50. The van der Waals surface area contributed by atoms with E-state index in [2.05, 4.69) is 4.98 Å². The van der Waals surface area contributed by atoms with E-state index in [1.807, 2.05) is 18.7 Å². The zero-order valence-electron chi connectivity index (χ0n) is 8.84. The van der Waals surface area contributed by atoms with Crippen LogP contribution in [0.25, 0.3) is 0 Å².